The van der Waals surface area contributed by atoms with Crippen molar-refractivity contribution in [3.05, 3.63) is 35.9 Å². The molecule has 1 saturated carbocycles. The van der Waals surface area contributed by atoms with E-state index in [9.17, 15) is 4.79 Å². The minimum Gasteiger partial charge on any atom is -0.350 e. The maximum atomic E-state index is 13.1. The van der Waals surface area contributed by atoms with Gasteiger partial charge in [0, 0.05) is 18.6 Å². The van der Waals surface area contributed by atoms with E-state index in [0.717, 1.165) is 32.4 Å². The molecule has 2 saturated heterocycles. The van der Waals surface area contributed by atoms with Crippen LogP contribution >= 0.6 is 0 Å². The smallest absolute Gasteiger partial charge is 0.237 e. The summed E-state index contributed by atoms with van der Waals surface area (Å²) in [5.74, 6) is 0.273. The number of likely N-dealkylation sites (tertiary alicyclic amines) is 2. The molecule has 4 nitrogen and oxygen atoms in total. The van der Waals surface area contributed by atoms with Crippen molar-refractivity contribution in [3.8, 4) is 0 Å². The topological polar surface area (TPSA) is 35.6 Å². The molecule has 0 bridgehead atoms. The lowest BCUT2D eigenvalue weighted by Crippen LogP contribution is -2.55. The molecule has 3 atom stereocenters. The lowest BCUT2D eigenvalue weighted by molar-refractivity contribution is -0.127. The van der Waals surface area contributed by atoms with Crippen molar-refractivity contribution in [3.63, 3.8) is 0 Å². The van der Waals surface area contributed by atoms with E-state index in [2.05, 4.69) is 45.4 Å². The third kappa shape index (κ3) is 4.12. The van der Waals surface area contributed by atoms with Crippen LogP contribution < -0.4 is 5.32 Å². The van der Waals surface area contributed by atoms with Gasteiger partial charge in [-0.05, 0) is 63.7 Å². The Morgan fingerprint density at radius 3 is 2.50 bits per heavy atom. The van der Waals surface area contributed by atoms with Crippen molar-refractivity contribution in [1.82, 2.24) is 15.1 Å². The second kappa shape index (κ2) is 8.53. The van der Waals surface area contributed by atoms with Gasteiger partial charge in [0.25, 0.3) is 0 Å². The Bertz CT molecular complexity index is 584. The summed E-state index contributed by atoms with van der Waals surface area (Å²) in [7, 11) is 0. The molecule has 2 aliphatic heterocycles. The SMILES string of the molecule is O=C(N[C@H]1CCCC[C@@H]1N1CCCC1)C1CCCN1Cc1ccccc1. The van der Waals surface area contributed by atoms with Crippen LogP contribution in [0.3, 0.4) is 0 Å². The normalized spacial score (nSPS) is 30.5. The maximum absolute atomic E-state index is 13.1. The van der Waals surface area contributed by atoms with Gasteiger partial charge in [-0.3, -0.25) is 14.6 Å². The van der Waals surface area contributed by atoms with E-state index in [0.29, 0.717) is 12.1 Å². The number of rotatable bonds is 5. The fraction of sp³-hybridized carbons (Fsp3) is 0.682. The summed E-state index contributed by atoms with van der Waals surface area (Å²) < 4.78 is 0. The van der Waals surface area contributed by atoms with E-state index in [4.69, 9.17) is 0 Å². The van der Waals surface area contributed by atoms with Gasteiger partial charge in [0.2, 0.25) is 5.91 Å². The van der Waals surface area contributed by atoms with Crippen molar-refractivity contribution >= 4 is 5.91 Å². The lowest BCUT2D eigenvalue weighted by atomic mass is 9.89. The van der Waals surface area contributed by atoms with Crippen molar-refractivity contribution in [2.45, 2.75) is 76.0 Å². The molecule has 1 amide bonds. The van der Waals surface area contributed by atoms with Crippen LogP contribution in [-0.2, 0) is 11.3 Å². The molecule has 26 heavy (non-hydrogen) atoms. The van der Waals surface area contributed by atoms with E-state index in [-0.39, 0.29) is 11.9 Å². The average molecular weight is 356 g/mol. The highest BCUT2D eigenvalue weighted by Gasteiger charge is 2.36. The van der Waals surface area contributed by atoms with Crippen LogP contribution in [0.4, 0.5) is 0 Å². The molecule has 142 valence electrons. The Kier molecular flexibility index (Phi) is 5.91. The van der Waals surface area contributed by atoms with Crippen molar-refractivity contribution in [2.24, 2.45) is 0 Å². The predicted octanol–water partition coefficient (Wildman–Crippen LogP) is 3.17. The van der Waals surface area contributed by atoms with Gasteiger partial charge in [0.05, 0.1) is 6.04 Å². The first-order valence-electron chi connectivity index (χ1n) is 10.6. The number of benzene rings is 1. The molecule has 0 spiro atoms. The van der Waals surface area contributed by atoms with Gasteiger partial charge in [-0.25, -0.2) is 0 Å². The number of amides is 1. The molecule has 1 N–H and O–H groups in total. The second-order valence-corrected chi connectivity index (χ2v) is 8.32. The maximum Gasteiger partial charge on any atom is 0.237 e. The molecule has 4 rings (SSSR count). The van der Waals surface area contributed by atoms with Crippen LogP contribution in [0.15, 0.2) is 30.3 Å². The van der Waals surface area contributed by atoms with E-state index in [1.807, 2.05) is 0 Å². The Balaban J connectivity index is 1.38. The number of carbonyl (C=O) groups excluding carboxylic acids is 1. The molecular weight excluding hydrogens is 322 g/mol. The van der Waals surface area contributed by atoms with Gasteiger partial charge in [-0.1, -0.05) is 43.2 Å². The monoisotopic (exact) mass is 355 g/mol. The zero-order chi connectivity index (χ0) is 17.8. The molecule has 1 aromatic carbocycles. The third-order valence-corrected chi connectivity index (χ3v) is 6.56. The first kappa shape index (κ1) is 18.0. The van der Waals surface area contributed by atoms with E-state index in [1.54, 1.807) is 0 Å². The van der Waals surface area contributed by atoms with Gasteiger partial charge in [-0.2, -0.15) is 0 Å². The van der Waals surface area contributed by atoms with Crippen molar-refractivity contribution in [2.75, 3.05) is 19.6 Å². The quantitative estimate of drug-likeness (QED) is 0.881. The summed E-state index contributed by atoms with van der Waals surface area (Å²) in [5.41, 5.74) is 1.31. The first-order chi connectivity index (χ1) is 12.8. The molecular formula is C22H33N3O. The van der Waals surface area contributed by atoms with Crippen LogP contribution in [-0.4, -0.2) is 53.5 Å². The van der Waals surface area contributed by atoms with Gasteiger partial charge >= 0.3 is 0 Å². The van der Waals surface area contributed by atoms with Crippen LogP contribution in [0.1, 0.15) is 56.9 Å². The number of hydrogen-bond donors (Lipinski definition) is 1. The highest BCUT2D eigenvalue weighted by molar-refractivity contribution is 5.82. The van der Waals surface area contributed by atoms with Crippen molar-refractivity contribution in [1.29, 1.82) is 0 Å². The number of nitrogens with one attached hydrogen (secondary N) is 1. The molecule has 1 aromatic rings. The van der Waals surface area contributed by atoms with Crippen LogP contribution in [0.2, 0.25) is 0 Å². The van der Waals surface area contributed by atoms with Crippen LogP contribution in [0.5, 0.6) is 0 Å². The minimum absolute atomic E-state index is 0.0522. The predicted molar refractivity (Wildman–Crippen MR) is 105 cm³/mol. The minimum atomic E-state index is 0.0522. The summed E-state index contributed by atoms with van der Waals surface area (Å²) in [4.78, 5) is 18.1. The van der Waals surface area contributed by atoms with E-state index < -0.39 is 0 Å². The number of carbonyl (C=O) groups is 1. The zero-order valence-corrected chi connectivity index (χ0v) is 15.9. The molecule has 4 heteroatoms. The van der Waals surface area contributed by atoms with E-state index in [1.165, 1.54) is 50.8 Å². The van der Waals surface area contributed by atoms with Crippen LogP contribution in [0.25, 0.3) is 0 Å². The largest absolute Gasteiger partial charge is 0.350 e. The Labute approximate surface area is 157 Å². The Hall–Kier alpha value is -1.39. The fourth-order valence-electron chi connectivity index (χ4n) is 5.20. The van der Waals surface area contributed by atoms with Crippen LogP contribution in [0, 0.1) is 0 Å². The van der Waals surface area contributed by atoms with Gasteiger partial charge < -0.3 is 5.32 Å². The number of hydrogen-bond acceptors (Lipinski definition) is 3. The molecule has 2 heterocycles. The molecule has 3 fully saturated rings. The summed E-state index contributed by atoms with van der Waals surface area (Å²) in [6.45, 7) is 4.37. The number of nitrogens with zero attached hydrogens (tertiary/aromatic N) is 2. The first-order valence-corrected chi connectivity index (χ1v) is 10.6. The van der Waals surface area contributed by atoms with Crippen molar-refractivity contribution < 1.29 is 4.79 Å². The molecule has 0 radical (unpaired) electrons. The van der Waals surface area contributed by atoms with Gasteiger partial charge in [-0.15, -0.1) is 0 Å². The average Bonchev–Trinajstić information content (AvgIpc) is 3.35. The summed E-state index contributed by atoms with van der Waals surface area (Å²) in [6.07, 6.45) is 9.76. The Morgan fingerprint density at radius 1 is 0.923 bits per heavy atom. The second-order valence-electron chi connectivity index (χ2n) is 8.32. The lowest BCUT2D eigenvalue weighted by Gasteiger charge is -2.39. The summed E-state index contributed by atoms with van der Waals surface area (Å²) in [5, 5.41) is 3.48. The van der Waals surface area contributed by atoms with Gasteiger partial charge in [0.15, 0.2) is 0 Å². The summed E-state index contributed by atoms with van der Waals surface area (Å²) in [6, 6.07) is 11.5. The standard InChI is InChI=1S/C22H33N3O/c26-22(21-13-8-16-25(21)17-18-9-2-1-3-10-18)23-19-11-4-5-12-20(19)24-14-6-7-15-24/h1-3,9-10,19-21H,4-8,11-17H2,(H,23,26)/t19-,20-,21?/m0/s1. The molecule has 1 unspecified atom stereocenters. The van der Waals surface area contributed by atoms with Gasteiger partial charge in [0.1, 0.15) is 0 Å². The fourth-order valence-corrected chi connectivity index (χ4v) is 5.20. The zero-order valence-electron chi connectivity index (χ0n) is 15.9. The molecule has 3 aliphatic rings. The highest BCUT2D eigenvalue weighted by atomic mass is 16.2. The summed E-state index contributed by atoms with van der Waals surface area (Å²) >= 11 is 0. The highest BCUT2D eigenvalue weighted by Crippen LogP contribution is 2.27. The molecule has 1 aliphatic carbocycles. The third-order valence-electron chi connectivity index (χ3n) is 6.56. The Morgan fingerprint density at radius 2 is 1.69 bits per heavy atom. The molecule has 0 aromatic heterocycles. The van der Waals surface area contributed by atoms with E-state index >= 15 is 0 Å².